The lowest BCUT2D eigenvalue weighted by atomic mass is 10.4. The lowest BCUT2D eigenvalue weighted by Crippen LogP contribution is -2.36. The van der Waals surface area contributed by atoms with Crippen molar-refractivity contribution in [1.82, 2.24) is 14.9 Å². The van der Waals surface area contributed by atoms with E-state index in [-0.39, 0.29) is 23.8 Å². The van der Waals surface area contributed by atoms with Crippen LogP contribution in [0.5, 0.6) is 0 Å². The summed E-state index contributed by atoms with van der Waals surface area (Å²) in [6, 6.07) is 5.99. The van der Waals surface area contributed by atoms with E-state index in [4.69, 9.17) is 11.6 Å². The number of rotatable bonds is 10. The molecule has 0 aromatic heterocycles. The van der Waals surface area contributed by atoms with Gasteiger partial charge in [0.15, 0.2) is 0 Å². The van der Waals surface area contributed by atoms with Crippen LogP contribution in [-0.4, -0.2) is 51.9 Å². The second-order valence-electron chi connectivity index (χ2n) is 4.98. The molecule has 0 heterocycles. The number of carbonyl (C=O) groups is 1. The average Bonchev–Trinajstić information content (AvgIpc) is 2.51. The van der Waals surface area contributed by atoms with Gasteiger partial charge in [-0.15, -0.1) is 0 Å². The third-order valence-corrected chi connectivity index (χ3v) is 5.09. The highest BCUT2D eigenvalue weighted by atomic mass is 35.5. The molecule has 0 spiro atoms. The van der Waals surface area contributed by atoms with Gasteiger partial charge in [-0.25, -0.2) is 13.1 Å². The Morgan fingerprint density at radius 2 is 1.91 bits per heavy atom. The van der Waals surface area contributed by atoms with Crippen LogP contribution in [0.2, 0.25) is 5.02 Å². The molecule has 0 radical (unpaired) electrons. The Hall–Kier alpha value is -1.15. The maximum atomic E-state index is 12.0. The molecule has 0 atom stereocenters. The van der Waals surface area contributed by atoms with E-state index in [1.165, 1.54) is 12.1 Å². The van der Waals surface area contributed by atoms with Crippen LogP contribution in [-0.2, 0) is 14.8 Å². The third kappa shape index (κ3) is 7.30. The van der Waals surface area contributed by atoms with E-state index in [0.717, 1.165) is 19.6 Å². The zero-order valence-corrected chi connectivity index (χ0v) is 15.1. The van der Waals surface area contributed by atoms with E-state index in [2.05, 4.69) is 28.8 Å². The van der Waals surface area contributed by atoms with Crippen molar-refractivity contribution in [2.75, 3.05) is 32.7 Å². The number of halogens is 1. The van der Waals surface area contributed by atoms with Gasteiger partial charge in [-0.3, -0.25) is 4.79 Å². The van der Waals surface area contributed by atoms with Crippen LogP contribution in [0.3, 0.4) is 0 Å². The topological polar surface area (TPSA) is 78.5 Å². The Kier molecular flexibility index (Phi) is 8.54. The van der Waals surface area contributed by atoms with Crippen LogP contribution in [0.4, 0.5) is 0 Å². The lowest BCUT2D eigenvalue weighted by Gasteiger charge is -2.17. The van der Waals surface area contributed by atoms with E-state index in [1.807, 2.05) is 0 Å². The first-order valence-electron chi connectivity index (χ1n) is 7.63. The van der Waals surface area contributed by atoms with E-state index in [9.17, 15) is 13.2 Å². The van der Waals surface area contributed by atoms with Crippen LogP contribution in [0.1, 0.15) is 20.3 Å². The van der Waals surface area contributed by atoms with Crippen LogP contribution in [0, 0.1) is 0 Å². The van der Waals surface area contributed by atoms with Crippen molar-refractivity contribution < 1.29 is 13.2 Å². The molecule has 2 N–H and O–H groups in total. The van der Waals surface area contributed by atoms with Gasteiger partial charge >= 0.3 is 0 Å². The summed E-state index contributed by atoms with van der Waals surface area (Å²) in [7, 11) is -3.64. The number of hydrogen-bond donors (Lipinski definition) is 2. The lowest BCUT2D eigenvalue weighted by molar-refractivity contribution is -0.120. The monoisotopic (exact) mass is 361 g/mol. The molecule has 6 nitrogen and oxygen atoms in total. The fourth-order valence-electron chi connectivity index (χ4n) is 2.00. The summed E-state index contributed by atoms with van der Waals surface area (Å²) >= 11 is 5.78. The molecule has 0 unspecified atom stereocenters. The van der Waals surface area contributed by atoms with Crippen molar-refractivity contribution in [1.29, 1.82) is 0 Å². The minimum Gasteiger partial charge on any atom is -0.355 e. The van der Waals surface area contributed by atoms with Crippen LogP contribution in [0.15, 0.2) is 29.2 Å². The van der Waals surface area contributed by atoms with Crippen molar-refractivity contribution in [2.24, 2.45) is 0 Å². The average molecular weight is 362 g/mol. The summed E-state index contributed by atoms with van der Waals surface area (Å²) in [6.07, 6.45) is 0.0953. The number of carbonyl (C=O) groups excluding carboxylic acids is 1. The first-order chi connectivity index (χ1) is 10.9. The van der Waals surface area contributed by atoms with Gasteiger partial charge < -0.3 is 10.2 Å². The molecule has 1 rings (SSSR count). The number of nitrogens with one attached hydrogen (secondary N) is 2. The molecule has 130 valence electrons. The number of hydrogen-bond acceptors (Lipinski definition) is 4. The minimum absolute atomic E-state index is 0.0476. The second kappa shape index (κ2) is 9.87. The van der Waals surface area contributed by atoms with Crippen molar-refractivity contribution in [3.63, 3.8) is 0 Å². The summed E-state index contributed by atoms with van der Waals surface area (Å²) in [5, 5.41) is 3.13. The molecule has 0 aliphatic heterocycles. The van der Waals surface area contributed by atoms with Crippen molar-refractivity contribution in [3.8, 4) is 0 Å². The first-order valence-corrected chi connectivity index (χ1v) is 9.49. The van der Waals surface area contributed by atoms with Crippen LogP contribution < -0.4 is 10.0 Å². The molecule has 1 aromatic carbocycles. The molecule has 1 amide bonds. The summed E-state index contributed by atoms with van der Waals surface area (Å²) in [5.74, 6) is -0.175. The molecule has 0 fully saturated rings. The minimum atomic E-state index is -3.64. The Bertz CT molecular complexity index is 604. The highest BCUT2D eigenvalue weighted by molar-refractivity contribution is 7.89. The maximum Gasteiger partial charge on any atom is 0.240 e. The highest BCUT2D eigenvalue weighted by Crippen LogP contribution is 2.14. The standard InChI is InChI=1S/C15H24ClN3O3S/c1-3-19(4-2)11-10-17-15(20)8-9-18-23(21,22)14-7-5-6-13(16)12-14/h5-7,12,18H,3-4,8-11H2,1-2H3,(H,17,20). The van der Waals surface area contributed by atoms with E-state index in [1.54, 1.807) is 12.1 Å². The number of sulfonamides is 1. The highest BCUT2D eigenvalue weighted by Gasteiger charge is 2.14. The smallest absolute Gasteiger partial charge is 0.240 e. The Labute approximate surface area is 143 Å². The van der Waals surface area contributed by atoms with Crippen LogP contribution in [0.25, 0.3) is 0 Å². The van der Waals surface area contributed by atoms with Gasteiger partial charge in [0.25, 0.3) is 0 Å². The molecule has 0 saturated carbocycles. The Morgan fingerprint density at radius 3 is 2.52 bits per heavy atom. The van der Waals surface area contributed by atoms with Crippen LogP contribution >= 0.6 is 11.6 Å². The molecule has 8 heteroatoms. The van der Waals surface area contributed by atoms with Crippen molar-refractivity contribution in [3.05, 3.63) is 29.3 Å². The summed E-state index contributed by atoms with van der Waals surface area (Å²) in [4.78, 5) is 14.0. The molecular formula is C15H24ClN3O3S. The van der Waals surface area contributed by atoms with Gasteiger partial charge in [0, 0.05) is 31.1 Å². The molecule has 1 aromatic rings. The summed E-state index contributed by atoms with van der Waals surface area (Å²) < 4.78 is 26.5. The van der Waals surface area contributed by atoms with Gasteiger partial charge in [0.05, 0.1) is 4.90 Å². The Morgan fingerprint density at radius 1 is 1.22 bits per heavy atom. The van der Waals surface area contributed by atoms with Gasteiger partial charge in [-0.1, -0.05) is 31.5 Å². The third-order valence-electron chi connectivity index (χ3n) is 3.40. The van der Waals surface area contributed by atoms with Gasteiger partial charge in [0.1, 0.15) is 0 Å². The zero-order valence-electron chi connectivity index (χ0n) is 13.5. The fraction of sp³-hybridized carbons (Fsp3) is 0.533. The predicted molar refractivity (Wildman–Crippen MR) is 92.1 cm³/mol. The molecular weight excluding hydrogens is 338 g/mol. The van der Waals surface area contributed by atoms with E-state index < -0.39 is 10.0 Å². The predicted octanol–water partition coefficient (Wildman–Crippen LogP) is 1.47. The second-order valence-corrected chi connectivity index (χ2v) is 7.19. The maximum absolute atomic E-state index is 12.0. The molecule has 0 saturated heterocycles. The summed E-state index contributed by atoms with van der Waals surface area (Å²) in [5.41, 5.74) is 0. The van der Waals surface area contributed by atoms with E-state index >= 15 is 0 Å². The first kappa shape index (κ1) is 19.9. The largest absolute Gasteiger partial charge is 0.355 e. The van der Waals surface area contributed by atoms with E-state index in [0.29, 0.717) is 11.6 Å². The number of benzene rings is 1. The fourth-order valence-corrected chi connectivity index (χ4v) is 3.33. The normalized spacial score (nSPS) is 11.7. The number of likely N-dealkylation sites (N-methyl/N-ethyl adjacent to an activating group) is 1. The number of amides is 1. The molecule has 23 heavy (non-hydrogen) atoms. The summed E-state index contributed by atoms with van der Waals surface area (Å²) in [6.45, 7) is 7.39. The molecule has 0 aliphatic rings. The SMILES string of the molecule is CCN(CC)CCNC(=O)CCNS(=O)(=O)c1cccc(Cl)c1. The van der Waals surface area contributed by atoms with Crippen molar-refractivity contribution >= 4 is 27.5 Å². The number of nitrogens with zero attached hydrogens (tertiary/aromatic N) is 1. The molecule has 0 bridgehead atoms. The Balaban J connectivity index is 2.34. The van der Waals surface area contributed by atoms with Gasteiger partial charge in [0.2, 0.25) is 15.9 Å². The molecule has 0 aliphatic carbocycles. The van der Waals surface area contributed by atoms with Gasteiger partial charge in [-0.2, -0.15) is 0 Å². The quantitative estimate of drug-likeness (QED) is 0.661. The zero-order chi connectivity index (χ0) is 17.3. The van der Waals surface area contributed by atoms with Crippen molar-refractivity contribution in [2.45, 2.75) is 25.2 Å². The van der Waals surface area contributed by atoms with Gasteiger partial charge in [-0.05, 0) is 31.3 Å².